The Labute approximate surface area is 148 Å². The van der Waals surface area contributed by atoms with E-state index in [9.17, 15) is 9.59 Å². The summed E-state index contributed by atoms with van der Waals surface area (Å²) in [5.41, 5.74) is 4.29. The largest absolute Gasteiger partial charge is 0.376 e. The molecule has 0 unspecified atom stereocenters. The van der Waals surface area contributed by atoms with Gasteiger partial charge < -0.3 is 16.0 Å². The SMILES string of the molecule is Cc1ccc(NC(=O)CNc2cccc(C(=O)NC(C)C)c2)c(C)c1. The van der Waals surface area contributed by atoms with E-state index in [0.29, 0.717) is 5.56 Å². The number of rotatable bonds is 6. The Balaban J connectivity index is 1.94. The van der Waals surface area contributed by atoms with Crippen LogP contribution >= 0.6 is 0 Å². The summed E-state index contributed by atoms with van der Waals surface area (Å²) in [6, 6.07) is 13.1. The van der Waals surface area contributed by atoms with Crippen LogP contribution in [0.1, 0.15) is 35.3 Å². The van der Waals surface area contributed by atoms with Gasteiger partial charge >= 0.3 is 0 Å². The maximum Gasteiger partial charge on any atom is 0.251 e. The molecule has 5 heteroatoms. The van der Waals surface area contributed by atoms with Crippen molar-refractivity contribution in [2.75, 3.05) is 17.2 Å². The third kappa shape index (κ3) is 5.64. The summed E-state index contributed by atoms with van der Waals surface area (Å²) in [4.78, 5) is 24.2. The number of carbonyl (C=O) groups is 2. The number of hydrogen-bond donors (Lipinski definition) is 3. The summed E-state index contributed by atoms with van der Waals surface area (Å²) in [5.74, 6) is -0.262. The average Bonchev–Trinajstić information content (AvgIpc) is 2.55. The lowest BCUT2D eigenvalue weighted by atomic mass is 10.1. The number of carbonyl (C=O) groups excluding carboxylic acids is 2. The Kier molecular flexibility index (Phi) is 6.17. The first-order chi connectivity index (χ1) is 11.8. The van der Waals surface area contributed by atoms with E-state index >= 15 is 0 Å². The van der Waals surface area contributed by atoms with Gasteiger partial charge in [-0.2, -0.15) is 0 Å². The summed E-state index contributed by atoms with van der Waals surface area (Å²) in [6.07, 6.45) is 0. The molecule has 0 heterocycles. The maximum atomic E-state index is 12.1. The van der Waals surface area contributed by atoms with Crippen molar-refractivity contribution in [3.8, 4) is 0 Å². The standard InChI is InChI=1S/C20H25N3O2/c1-13(2)22-20(25)16-6-5-7-17(11-16)21-12-19(24)23-18-9-8-14(3)10-15(18)4/h5-11,13,21H,12H2,1-4H3,(H,22,25)(H,23,24). The molecular formula is C20H25N3O2. The quantitative estimate of drug-likeness (QED) is 0.754. The number of amides is 2. The van der Waals surface area contributed by atoms with E-state index in [2.05, 4.69) is 16.0 Å². The highest BCUT2D eigenvalue weighted by Crippen LogP contribution is 2.16. The van der Waals surface area contributed by atoms with Crippen LogP contribution in [0.5, 0.6) is 0 Å². The van der Waals surface area contributed by atoms with Gasteiger partial charge in [0.25, 0.3) is 5.91 Å². The second-order valence-corrected chi connectivity index (χ2v) is 6.43. The van der Waals surface area contributed by atoms with E-state index < -0.39 is 0 Å². The van der Waals surface area contributed by atoms with E-state index in [0.717, 1.165) is 22.5 Å². The van der Waals surface area contributed by atoms with E-state index in [1.807, 2.05) is 52.0 Å². The van der Waals surface area contributed by atoms with Gasteiger partial charge in [0.2, 0.25) is 5.91 Å². The number of benzene rings is 2. The average molecular weight is 339 g/mol. The Morgan fingerprint density at radius 3 is 2.48 bits per heavy atom. The summed E-state index contributed by atoms with van der Waals surface area (Å²) < 4.78 is 0. The molecule has 2 amide bonds. The van der Waals surface area contributed by atoms with Crippen LogP contribution in [0.25, 0.3) is 0 Å². The molecule has 0 saturated carbocycles. The van der Waals surface area contributed by atoms with Crippen molar-refractivity contribution < 1.29 is 9.59 Å². The predicted octanol–water partition coefficient (Wildman–Crippen LogP) is 3.49. The van der Waals surface area contributed by atoms with Crippen LogP contribution in [-0.2, 0) is 4.79 Å². The zero-order valence-electron chi connectivity index (χ0n) is 15.1. The highest BCUT2D eigenvalue weighted by Gasteiger charge is 2.09. The van der Waals surface area contributed by atoms with Gasteiger partial charge in [-0.1, -0.05) is 23.8 Å². The molecule has 25 heavy (non-hydrogen) atoms. The van der Waals surface area contributed by atoms with Crippen molar-refractivity contribution in [3.63, 3.8) is 0 Å². The van der Waals surface area contributed by atoms with Gasteiger partial charge in [-0.25, -0.2) is 0 Å². The molecule has 0 atom stereocenters. The molecule has 0 aromatic heterocycles. The predicted molar refractivity (Wildman–Crippen MR) is 102 cm³/mol. The van der Waals surface area contributed by atoms with Crippen molar-refractivity contribution >= 4 is 23.2 Å². The lowest BCUT2D eigenvalue weighted by Crippen LogP contribution is -2.30. The Morgan fingerprint density at radius 1 is 1.04 bits per heavy atom. The lowest BCUT2D eigenvalue weighted by Gasteiger charge is -2.12. The van der Waals surface area contributed by atoms with Gasteiger partial charge in [-0.05, 0) is 57.5 Å². The van der Waals surface area contributed by atoms with Crippen LogP contribution in [0.3, 0.4) is 0 Å². The molecule has 0 spiro atoms. The first kappa shape index (κ1) is 18.5. The first-order valence-corrected chi connectivity index (χ1v) is 8.37. The normalized spacial score (nSPS) is 10.4. The molecule has 0 aliphatic carbocycles. The fraction of sp³-hybridized carbons (Fsp3) is 0.300. The van der Waals surface area contributed by atoms with Gasteiger partial charge in [0, 0.05) is 23.0 Å². The van der Waals surface area contributed by atoms with Crippen molar-refractivity contribution in [3.05, 3.63) is 59.2 Å². The van der Waals surface area contributed by atoms with E-state index in [4.69, 9.17) is 0 Å². The van der Waals surface area contributed by atoms with Gasteiger partial charge in [0.15, 0.2) is 0 Å². The minimum absolute atomic E-state index is 0.0765. The molecule has 0 radical (unpaired) electrons. The third-order valence-corrected chi connectivity index (χ3v) is 3.65. The second kappa shape index (κ2) is 8.33. The van der Waals surface area contributed by atoms with Crippen molar-refractivity contribution in [2.45, 2.75) is 33.7 Å². The molecule has 0 bridgehead atoms. The van der Waals surface area contributed by atoms with Gasteiger partial charge in [-0.3, -0.25) is 9.59 Å². The van der Waals surface area contributed by atoms with Crippen LogP contribution in [0.4, 0.5) is 11.4 Å². The van der Waals surface area contributed by atoms with Crippen LogP contribution in [0.2, 0.25) is 0 Å². The van der Waals surface area contributed by atoms with Crippen molar-refractivity contribution in [1.29, 1.82) is 0 Å². The summed E-state index contributed by atoms with van der Waals surface area (Å²) >= 11 is 0. The summed E-state index contributed by atoms with van der Waals surface area (Å²) in [5, 5.41) is 8.79. The highest BCUT2D eigenvalue weighted by atomic mass is 16.2. The molecule has 132 valence electrons. The number of aryl methyl sites for hydroxylation is 2. The third-order valence-electron chi connectivity index (χ3n) is 3.65. The van der Waals surface area contributed by atoms with E-state index in [1.165, 1.54) is 0 Å². The van der Waals surface area contributed by atoms with Crippen molar-refractivity contribution in [2.24, 2.45) is 0 Å². The molecule has 5 nitrogen and oxygen atoms in total. The molecule has 0 saturated heterocycles. The topological polar surface area (TPSA) is 70.2 Å². The maximum absolute atomic E-state index is 12.1. The Morgan fingerprint density at radius 2 is 1.80 bits per heavy atom. The monoisotopic (exact) mass is 339 g/mol. The number of anilines is 2. The lowest BCUT2D eigenvalue weighted by molar-refractivity contribution is -0.114. The second-order valence-electron chi connectivity index (χ2n) is 6.43. The van der Waals surface area contributed by atoms with Crippen LogP contribution in [0.15, 0.2) is 42.5 Å². The summed E-state index contributed by atoms with van der Waals surface area (Å²) in [6.45, 7) is 7.94. The van der Waals surface area contributed by atoms with Crippen LogP contribution < -0.4 is 16.0 Å². The molecule has 2 rings (SSSR count). The number of nitrogens with one attached hydrogen (secondary N) is 3. The number of hydrogen-bond acceptors (Lipinski definition) is 3. The smallest absolute Gasteiger partial charge is 0.251 e. The van der Waals surface area contributed by atoms with Crippen LogP contribution in [-0.4, -0.2) is 24.4 Å². The fourth-order valence-electron chi connectivity index (χ4n) is 2.45. The summed E-state index contributed by atoms with van der Waals surface area (Å²) in [7, 11) is 0. The fourth-order valence-corrected chi connectivity index (χ4v) is 2.45. The molecule has 0 fully saturated rings. The Hall–Kier alpha value is -2.82. The zero-order valence-corrected chi connectivity index (χ0v) is 15.1. The van der Waals surface area contributed by atoms with Crippen molar-refractivity contribution in [1.82, 2.24) is 5.32 Å². The molecular weight excluding hydrogens is 314 g/mol. The minimum atomic E-state index is -0.135. The molecule has 0 aliphatic rings. The highest BCUT2D eigenvalue weighted by molar-refractivity contribution is 5.96. The zero-order chi connectivity index (χ0) is 18.4. The first-order valence-electron chi connectivity index (χ1n) is 8.37. The van der Waals surface area contributed by atoms with E-state index in [-0.39, 0.29) is 24.4 Å². The molecule has 2 aromatic carbocycles. The minimum Gasteiger partial charge on any atom is -0.376 e. The Bertz CT molecular complexity index is 769. The molecule has 0 aliphatic heterocycles. The van der Waals surface area contributed by atoms with Gasteiger partial charge in [-0.15, -0.1) is 0 Å². The van der Waals surface area contributed by atoms with Crippen LogP contribution in [0, 0.1) is 13.8 Å². The van der Waals surface area contributed by atoms with Gasteiger partial charge in [0.05, 0.1) is 6.54 Å². The molecule has 2 aromatic rings. The molecule has 3 N–H and O–H groups in total. The van der Waals surface area contributed by atoms with E-state index in [1.54, 1.807) is 18.2 Å². The van der Waals surface area contributed by atoms with Gasteiger partial charge in [0.1, 0.15) is 0 Å².